The third-order valence-electron chi connectivity index (χ3n) is 3.10. The number of benzene rings is 2. The fraction of sp³-hybridized carbons (Fsp3) is 0.0625. The van der Waals surface area contributed by atoms with Gasteiger partial charge in [-0.25, -0.2) is 16.8 Å². The molecule has 0 spiro atoms. The van der Waals surface area contributed by atoms with Crippen molar-refractivity contribution in [2.24, 2.45) is 5.16 Å². The Labute approximate surface area is 140 Å². The maximum absolute atomic E-state index is 12.7. The van der Waals surface area contributed by atoms with E-state index in [2.05, 4.69) is 16.6 Å². The molecule has 0 amide bonds. The van der Waals surface area contributed by atoms with Crippen molar-refractivity contribution in [3.05, 3.63) is 72.1 Å². The summed E-state index contributed by atoms with van der Waals surface area (Å²) in [5.74, 6) is 0. The summed E-state index contributed by atoms with van der Waals surface area (Å²) < 4.78 is 50.7. The minimum atomic E-state index is -4.21. The Morgan fingerprint density at radius 2 is 1.25 bits per heavy atom. The van der Waals surface area contributed by atoms with Crippen molar-refractivity contribution in [1.82, 2.24) is 0 Å². The number of nitrogens with zero attached hydrogens (tertiary/aromatic N) is 1. The molecule has 0 fully saturated rings. The predicted octanol–water partition coefficient (Wildman–Crippen LogP) is 2.41. The van der Waals surface area contributed by atoms with Crippen LogP contribution in [0.4, 0.5) is 0 Å². The molecule has 2 aromatic rings. The zero-order chi connectivity index (χ0) is 17.8. The lowest BCUT2D eigenvalue weighted by Gasteiger charge is -2.11. The number of hydrogen-bond acceptors (Lipinski definition) is 6. The molecule has 0 aliphatic rings. The van der Waals surface area contributed by atoms with Crippen LogP contribution in [0.25, 0.3) is 0 Å². The lowest BCUT2D eigenvalue weighted by atomic mass is 10.4. The van der Waals surface area contributed by atoms with Crippen LogP contribution in [0.3, 0.4) is 0 Å². The number of rotatable bonds is 5. The maximum atomic E-state index is 12.7. The molecule has 0 atom stereocenters. The van der Waals surface area contributed by atoms with Crippen LogP contribution in [0.5, 0.6) is 0 Å². The van der Waals surface area contributed by atoms with Gasteiger partial charge in [-0.15, -0.1) is 0 Å². The van der Waals surface area contributed by atoms with E-state index in [9.17, 15) is 16.8 Å². The fourth-order valence-corrected chi connectivity index (χ4v) is 4.84. The van der Waals surface area contributed by atoms with Crippen LogP contribution in [0.1, 0.15) is 0 Å². The largest absolute Gasteiger partial charge is 0.398 e. The second-order valence-corrected chi connectivity index (χ2v) is 8.47. The SMILES string of the molecule is C=C(/C(=N\OC)S(=O)(=O)c1ccccc1)S(=O)(=O)c1ccccc1. The average molecular weight is 365 g/mol. The standard InChI is InChI=1S/C16H15NO5S2/c1-13(23(18,19)14-9-5-3-6-10-14)16(17-22-2)24(20,21)15-11-7-4-8-12-15/h3-12H,1H2,2H3/b17-16+. The summed E-state index contributed by atoms with van der Waals surface area (Å²) in [6, 6.07) is 14.7. The highest BCUT2D eigenvalue weighted by Crippen LogP contribution is 2.24. The van der Waals surface area contributed by atoms with Crippen molar-refractivity contribution >= 4 is 24.7 Å². The summed E-state index contributed by atoms with van der Waals surface area (Å²) in [4.78, 5) is 3.71. The highest BCUT2D eigenvalue weighted by Gasteiger charge is 2.33. The summed E-state index contributed by atoms with van der Waals surface area (Å²) in [6.45, 7) is 3.44. The molecule has 0 aromatic heterocycles. The van der Waals surface area contributed by atoms with E-state index in [-0.39, 0.29) is 9.79 Å². The Kier molecular flexibility index (Phi) is 5.20. The quantitative estimate of drug-likeness (QED) is 0.461. The van der Waals surface area contributed by atoms with Crippen LogP contribution < -0.4 is 0 Å². The molecule has 24 heavy (non-hydrogen) atoms. The Hall–Kier alpha value is -2.45. The van der Waals surface area contributed by atoms with Gasteiger partial charge in [0.2, 0.25) is 24.7 Å². The third-order valence-corrected chi connectivity index (χ3v) is 6.69. The van der Waals surface area contributed by atoms with Gasteiger partial charge in [0, 0.05) is 0 Å². The van der Waals surface area contributed by atoms with Gasteiger partial charge in [0.25, 0.3) is 0 Å². The predicted molar refractivity (Wildman–Crippen MR) is 90.8 cm³/mol. The van der Waals surface area contributed by atoms with E-state index in [1.807, 2.05) is 0 Å². The van der Waals surface area contributed by atoms with E-state index in [0.717, 1.165) is 7.11 Å². The molecule has 6 nitrogen and oxygen atoms in total. The molecule has 0 N–H and O–H groups in total. The van der Waals surface area contributed by atoms with E-state index in [1.165, 1.54) is 48.5 Å². The summed E-state index contributed by atoms with van der Waals surface area (Å²) in [6.07, 6.45) is 0. The zero-order valence-electron chi connectivity index (χ0n) is 12.8. The lowest BCUT2D eigenvalue weighted by molar-refractivity contribution is 0.214. The van der Waals surface area contributed by atoms with Gasteiger partial charge < -0.3 is 4.84 Å². The van der Waals surface area contributed by atoms with Crippen LogP contribution in [0, 0.1) is 0 Å². The zero-order valence-corrected chi connectivity index (χ0v) is 14.4. The van der Waals surface area contributed by atoms with Crippen LogP contribution in [0.2, 0.25) is 0 Å². The molecule has 0 saturated carbocycles. The first-order valence-corrected chi connectivity index (χ1v) is 9.69. The highest BCUT2D eigenvalue weighted by molar-refractivity contribution is 8.10. The van der Waals surface area contributed by atoms with Crippen LogP contribution >= 0.6 is 0 Å². The molecule has 0 heterocycles. The van der Waals surface area contributed by atoms with E-state index in [0.29, 0.717) is 0 Å². The van der Waals surface area contributed by atoms with Gasteiger partial charge in [-0.2, -0.15) is 0 Å². The summed E-state index contributed by atoms with van der Waals surface area (Å²) in [5.41, 5.74) is 0. The Morgan fingerprint density at radius 3 is 1.67 bits per heavy atom. The van der Waals surface area contributed by atoms with Crippen LogP contribution in [-0.4, -0.2) is 29.0 Å². The summed E-state index contributed by atoms with van der Waals surface area (Å²) in [7, 11) is -7.22. The molecule has 0 aliphatic heterocycles. The van der Waals surface area contributed by atoms with E-state index < -0.39 is 29.6 Å². The van der Waals surface area contributed by atoms with Crippen molar-refractivity contribution in [3.8, 4) is 0 Å². The molecule has 2 rings (SSSR count). The van der Waals surface area contributed by atoms with Crippen molar-refractivity contribution in [2.75, 3.05) is 7.11 Å². The van der Waals surface area contributed by atoms with Crippen molar-refractivity contribution in [3.63, 3.8) is 0 Å². The second-order valence-electron chi connectivity index (χ2n) is 4.64. The molecule has 8 heteroatoms. The number of oxime groups is 1. The molecular weight excluding hydrogens is 350 g/mol. The van der Waals surface area contributed by atoms with Gasteiger partial charge in [0.05, 0.1) is 9.79 Å². The average Bonchev–Trinajstić information content (AvgIpc) is 2.60. The minimum Gasteiger partial charge on any atom is -0.398 e. The topological polar surface area (TPSA) is 89.9 Å². The van der Waals surface area contributed by atoms with E-state index >= 15 is 0 Å². The molecule has 2 aromatic carbocycles. The van der Waals surface area contributed by atoms with Gasteiger partial charge in [-0.05, 0) is 24.3 Å². The molecule has 126 valence electrons. The van der Waals surface area contributed by atoms with Gasteiger partial charge >= 0.3 is 0 Å². The number of sulfone groups is 2. The maximum Gasteiger partial charge on any atom is 0.228 e. The molecule has 0 aliphatic carbocycles. The Morgan fingerprint density at radius 1 is 0.833 bits per heavy atom. The highest BCUT2D eigenvalue weighted by atomic mass is 32.2. The fourth-order valence-electron chi connectivity index (χ4n) is 1.90. The first-order chi connectivity index (χ1) is 11.3. The summed E-state index contributed by atoms with van der Waals surface area (Å²) >= 11 is 0. The lowest BCUT2D eigenvalue weighted by Crippen LogP contribution is -2.22. The molecule has 0 bridgehead atoms. The van der Waals surface area contributed by atoms with Gasteiger partial charge in [-0.1, -0.05) is 48.1 Å². The van der Waals surface area contributed by atoms with Crippen molar-refractivity contribution < 1.29 is 21.7 Å². The normalized spacial score (nSPS) is 12.6. The third kappa shape index (κ3) is 3.39. The second kappa shape index (κ2) is 6.98. The van der Waals surface area contributed by atoms with Crippen LogP contribution in [-0.2, 0) is 24.5 Å². The van der Waals surface area contributed by atoms with E-state index in [1.54, 1.807) is 12.1 Å². The molecule has 0 saturated heterocycles. The monoisotopic (exact) mass is 365 g/mol. The number of hydrogen-bond donors (Lipinski definition) is 0. The molecule has 0 radical (unpaired) electrons. The van der Waals surface area contributed by atoms with Crippen LogP contribution in [0.15, 0.2) is 87.1 Å². The van der Waals surface area contributed by atoms with E-state index in [4.69, 9.17) is 0 Å². The van der Waals surface area contributed by atoms with Gasteiger partial charge in [0.15, 0.2) is 0 Å². The first-order valence-electron chi connectivity index (χ1n) is 6.72. The van der Waals surface area contributed by atoms with Crippen molar-refractivity contribution in [2.45, 2.75) is 9.79 Å². The van der Waals surface area contributed by atoms with Gasteiger partial charge in [0.1, 0.15) is 12.0 Å². The molecular formula is C16H15NO5S2. The first kappa shape index (κ1) is 17.9. The summed E-state index contributed by atoms with van der Waals surface area (Å²) in [5, 5.41) is 2.66. The Bertz CT molecular complexity index is 964. The molecule has 0 unspecified atom stereocenters. The minimum absolute atomic E-state index is 0.0814. The Balaban J connectivity index is 2.58. The van der Waals surface area contributed by atoms with Crippen molar-refractivity contribution in [1.29, 1.82) is 0 Å². The smallest absolute Gasteiger partial charge is 0.228 e. The van der Waals surface area contributed by atoms with Gasteiger partial charge in [-0.3, -0.25) is 0 Å².